The van der Waals surface area contributed by atoms with Crippen LogP contribution in [0.2, 0.25) is 0 Å². The van der Waals surface area contributed by atoms with Crippen LogP contribution in [0.3, 0.4) is 0 Å². The molecule has 3 rings (SSSR count). The molecule has 0 bridgehead atoms. The Morgan fingerprint density at radius 2 is 1.73 bits per heavy atom. The van der Waals surface area contributed by atoms with Crippen LogP contribution < -0.4 is 4.74 Å². The van der Waals surface area contributed by atoms with Gasteiger partial charge in [0, 0.05) is 6.54 Å². The normalized spacial score (nSPS) is 19.0. The number of ether oxygens (including phenoxy) is 2. The summed E-state index contributed by atoms with van der Waals surface area (Å²) in [5, 5.41) is 0. The number of hydrogen-bond acceptors (Lipinski definition) is 4. The molecule has 0 radical (unpaired) electrons. The van der Waals surface area contributed by atoms with E-state index in [1.807, 2.05) is 54.6 Å². The van der Waals surface area contributed by atoms with E-state index >= 15 is 0 Å². The highest BCUT2D eigenvalue weighted by molar-refractivity contribution is 5.99. The average Bonchev–Trinajstić information content (AvgIpc) is 2.69. The molecule has 5 heteroatoms. The Hall–Kier alpha value is -2.82. The first kappa shape index (κ1) is 18.0. The van der Waals surface area contributed by atoms with E-state index < -0.39 is 5.54 Å². The second kappa shape index (κ2) is 7.60. The molecule has 136 valence electrons. The van der Waals surface area contributed by atoms with E-state index in [-0.39, 0.29) is 18.3 Å². The molecule has 1 fully saturated rings. The molecule has 1 amide bonds. The van der Waals surface area contributed by atoms with Crippen LogP contribution in [-0.4, -0.2) is 36.5 Å². The highest BCUT2D eigenvalue weighted by Crippen LogP contribution is 2.39. The summed E-state index contributed by atoms with van der Waals surface area (Å²) in [5.74, 6) is 0.382. The molecule has 0 spiro atoms. The van der Waals surface area contributed by atoms with E-state index in [0.717, 1.165) is 16.9 Å². The van der Waals surface area contributed by atoms with Crippen molar-refractivity contribution in [1.29, 1.82) is 0 Å². The molecule has 1 saturated heterocycles. The van der Waals surface area contributed by atoms with Crippen LogP contribution in [0.15, 0.2) is 54.6 Å². The van der Waals surface area contributed by atoms with Gasteiger partial charge in [-0.15, -0.1) is 0 Å². The van der Waals surface area contributed by atoms with Crippen LogP contribution >= 0.6 is 0 Å². The lowest BCUT2D eigenvalue weighted by Crippen LogP contribution is -2.67. The van der Waals surface area contributed by atoms with Crippen molar-refractivity contribution in [3.63, 3.8) is 0 Å². The topological polar surface area (TPSA) is 55.8 Å². The summed E-state index contributed by atoms with van der Waals surface area (Å²) >= 11 is 0. The van der Waals surface area contributed by atoms with E-state index in [1.165, 1.54) is 7.11 Å². The molecule has 2 aromatic rings. The van der Waals surface area contributed by atoms with E-state index in [0.29, 0.717) is 19.4 Å². The van der Waals surface area contributed by atoms with Crippen molar-refractivity contribution in [1.82, 2.24) is 4.90 Å². The van der Waals surface area contributed by atoms with Gasteiger partial charge in [-0.3, -0.25) is 4.79 Å². The highest BCUT2D eigenvalue weighted by Gasteiger charge is 2.56. The average molecular weight is 353 g/mol. The Morgan fingerprint density at radius 3 is 2.31 bits per heavy atom. The third-order valence-electron chi connectivity index (χ3n) is 5.00. The molecule has 0 aliphatic carbocycles. The number of rotatable bonds is 7. The van der Waals surface area contributed by atoms with Gasteiger partial charge in [0.2, 0.25) is 5.91 Å². The number of likely N-dealkylation sites (tertiary alicyclic amines) is 1. The number of hydrogen-bond donors (Lipinski definition) is 0. The fraction of sp³-hybridized carbons (Fsp3) is 0.333. The van der Waals surface area contributed by atoms with Crippen molar-refractivity contribution in [2.75, 3.05) is 14.2 Å². The summed E-state index contributed by atoms with van der Waals surface area (Å²) in [6.07, 6.45) is 1.45. The maximum absolute atomic E-state index is 12.5. The number of carbonyl (C=O) groups excluding carboxylic acids is 2. The molecule has 0 aromatic heterocycles. The number of β-lactam (4-membered cyclic amide) rings is 1. The Morgan fingerprint density at radius 1 is 1.04 bits per heavy atom. The van der Waals surface area contributed by atoms with E-state index in [2.05, 4.69) is 0 Å². The van der Waals surface area contributed by atoms with E-state index in [1.54, 1.807) is 12.0 Å². The van der Waals surface area contributed by atoms with Gasteiger partial charge in [0.1, 0.15) is 11.3 Å². The Labute approximate surface area is 153 Å². The van der Waals surface area contributed by atoms with Crippen molar-refractivity contribution in [3.05, 3.63) is 65.7 Å². The maximum atomic E-state index is 12.5. The fourth-order valence-corrected chi connectivity index (χ4v) is 3.44. The second-order valence-corrected chi connectivity index (χ2v) is 6.51. The quantitative estimate of drug-likeness (QED) is 0.567. The number of esters is 1. The summed E-state index contributed by atoms with van der Waals surface area (Å²) in [6, 6.07) is 17.5. The molecule has 2 aromatic carbocycles. The lowest BCUT2D eigenvalue weighted by Gasteiger charge is -2.50. The van der Waals surface area contributed by atoms with E-state index in [4.69, 9.17) is 9.47 Å². The Bertz CT molecular complexity index is 772. The first-order valence-corrected chi connectivity index (χ1v) is 8.65. The molecular formula is C21H23NO4. The van der Waals surface area contributed by atoms with Crippen molar-refractivity contribution >= 4 is 11.9 Å². The zero-order valence-electron chi connectivity index (χ0n) is 15.1. The van der Waals surface area contributed by atoms with Crippen molar-refractivity contribution in [3.8, 4) is 5.75 Å². The number of amides is 1. The number of aryl methyl sites for hydroxylation is 1. The van der Waals surface area contributed by atoms with Crippen LogP contribution in [0.4, 0.5) is 0 Å². The minimum Gasteiger partial charge on any atom is -0.497 e. The molecule has 26 heavy (non-hydrogen) atoms. The van der Waals surface area contributed by atoms with Gasteiger partial charge in [-0.25, -0.2) is 4.79 Å². The molecule has 0 N–H and O–H groups in total. The van der Waals surface area contributed by atoms with Gasteiger partial charge in [-0.2, -0.15) is 0 Å². The van der Waals surface area contributed by atoms with Gasteiger partial charge >= 0.3 is 5.97 Å². The minimum atomic E-state index is -0.887. The zero-order valence-corrected chi connectivity index (χ0v) is 15.1. The number of benzene rings is 2. The monoisotopic (exact) mass is 353 g/mol. The SMILES string of the molecule is COC(=O)[C@@]1(CCc2ccccc2)CC(=O)N1Cc1ccc(OC)cc1. The number of nitrogens with zero attached hydrogens (tertiary/aromatic N) is 1. The van der Waals surface area contributed by atoms with Gasteiger partial charge in [0.25, 0.3) is 0 Å². The van der Waals surface area contributed by atoms with Gasteiger partial charge in [-0.05, 0) is 36.1 Å². The third kappa shape index (κ3) is 3.43. The van der Waals surface area contributed by atoms with Crippen LogP contribution in [0.25, 0.3) is 0 Å². The molecule has 5 nitrogen and oxygen atoms in total. The summed E-state index contributed by atoms with van der Waals surface area (Å²) in [5.41, 5.74) is 1.20. The highest BCUT2D eigenvalue weighted by atomic mass is 16.5. The summed E-state index contributed by atoms with van der Waals surface area (Å²) in [7, 11) is 2.99. The van der Waals surface area contributed by atoms with Crippen LogP contribution in [0.5, 0.6) is 5.75 Å². The molecule has 0 saturated carbocycles. The first-order valence-electron chi connectivity index (χ1n) is 8.65. The van der Waals surface area contributed by atoms with Gasteiger partial charge in [0.05, 0.1) is 20.6 Å². The lowest BCUT2D eigenvalue weighted by atomic mass is 9.78. The predicted molar refractivity (Wildman–Crippen MR) is 97.7 cm³/mol. The standard InChI is InChI=1S/C21H23NO4/c1-25-18-10-8-17(9-11-18)15-22-19(23)14-21(22,20(24)26-2)13-12-16-6-4-3-5-7-16/h3-11H,12-15H2,1-2H3/t21-/m1/s1. The lowest BCUT2D eigenvalue weighted by molar-refractivity contribution is -0.180. The van der Waals surface area contributed by atoms with Crippen LogP contribution in [0.1, 0.15) is 24.0 Å². The second-order valence-electron chi connectivity index (χ2n) is 6.51. The fourth-order valence-electron chi connectivity index (χ4n) is 3.44. The molecule has 1 atom stereocenters. The summed E-state index contributed by atoms with van der Waals surface area (Å²) in [6.45, 7) is 0.382. The predicted octanol–water partition coefficient (Wildman–Crippen LogP) is 2.97. The molecule has 1 aliphatic heterocycles. The summed E-state index contributed by atoms with van der Waals surface area (Å²) in [4.78, 5) is 26.5. The molecule has 1 aliphatic rings. The maximum Gasteiger partial charge on any atom is 0.332 e. The third-order valence-corrected chi connectivity index (χ3v) is 5.00. The minimum absolute atomic E-state index is 0.0284. The van der Waals surface area contributed by atoms with Crippen molar-refractivity contribution in [2.24, 2.45) is 0 Å². The van der Waals surface area contributed by atoms with Crippen LogP contribution in [-0.2, 0) is 27.3 Å². The molecule has 0 unspecified atom stereocenters. The molecule has 1 heterocycles. The van der Waals surface area contributed by atoms with Crippen LogP contribution in [0, 0.1) is 0 Å². The molecular weight excluding hydrogens is 330 g/mol. The number of methoxy groups -OCH3 is 2. The van der Waals surface area contributed by atoms with Gasteiger partial charge in [0.15, 0.2) is 0 Å². The first-order chi connectivity index (χ1) is 12.6. The largest absolute Gasteiger partial charge is 0.497 e. The zero-order chi connectivity index (χ0) is 18.6. The Kier molecular flexibility index (Phi) is 5.26. The summed E-state index contributed by atoms with van der Waals surface area (Å²) < 4.78 is 10.2. The van der Waals surface area contributed by atoms with Gasteiger partial charge in [-0.1, -0.05) is 42.5 Å². The van der Waals surface area contributed by atoms with Crippen molar-refractivity contribution in [2.45, 2.75) is 31.3 Å². The van der Waals surface area contributed by atoms with Crippen molar-refractivity contribution < 1.29 is 19.1 Å². The van der Waals surface area contributed by atoms with E-state index in [9.17, 15) is 9.59 Å². The smallest absolute Gasteiger partial charge is 0.332 e. The Balaban J connectivity index is 1.78. The van der Waals surface area contributed by atoms with Gasteiger partial charge < -0.3 is 14.4 Å². The number of carbonyl (C=O) groups is 2.